The van der Waals surface area contributed by atoms with Crippen LogP contribution in [-0.4, -0.2) is 43.5 Å². The summed E-state index contributed by atoms with van der Waals surface area (Å²) < 4.78 is 8.68. The van der Waals surface area contributed by atoms with E-state index < -0.39 is 0 Å². The van der Waals surface area contributed by atoms with E-state index in [1.165, 1.54) is 68.5 Å². The number of fused-ring (bicyclic) bond motifs is 5. The van der Waals surface area contributed by atoms with E-state index in [2.05, 4.69) is 109 Å². The first kappa shape index (κ1) is 19.8. The number of hydrogen-bond acceptors (Lipinski definition) is 0. The Morgan fingerprint density at radius 1 is 0.613 bits per heavy atom. The minimum absolute atomic E-state index is 0.318. The molecule has 0 aliphatic heterocycles. The van der Waals surface area contributed by atoms with Crippen molar-refractivity contribution in [3.8, 4) is 10.0 Å². The van der Waals surface area contributed by atoms with Gasteiger partial charge < -0.3 is 0 Å². The van der Waals surface area contributed by atoms with Gasteiger partial charge in [-0.05, 0) is 0 Å². The molecule has 3 heterocycles. The second-order valence-electron chi connectivity index (χ2n) is 7.74. The molecule has 0 radical (unpaired) electrons. The van der Waals surface area contributed by atoms with Crippen molar-refractivity contribution in [3.63, 3.8) is 0 Å². The van der Waals surface area contributed by atoms with Gasteiger partial charge in [0, 0.05) is 0 Å². The van der Waals surface area contributed by atoms with E-state index in [1.807, 2.05) is 0 Å². The van der Waals surface area contributed by atoms with Gasteiger partial charge >= 0.3 is 221 Å². The van der Waals surface area contributed by atoms with E-state index in [0.29, 0.717) is 43.5 Å². The molecule has 148 valence electrons. The molecular weight excluding hydrogens is 756 g/mol. The number of rotatable bonds is 1. The molecular formula is C26H12BrISe3. The molecule has 0 atom stereocenters. The summed E-state index contributed by atoms with van der Waals surface area (Å²) >= 11 is 7.80. The van der Waals surface area contributed by atoms with Crippen LogP contribution in [0.25, 0.3) is 60.5 Å². The van der Waals surface area contributed by atoms with Crippen LogP contribution in [0.3, 0.4) is 0 Å². The Morgan fingerprint density at radius 2 is 1.19 bits per heavy atom. The standard InChI is InChI=1S/C26H12BrISe3/c27-21-9-17-10-22-13(1-3-29-22)5-15(17)7-19(21)26-25(28)20-8-16-6-14-2-4-30-23(14)11-18(16)12-24(20)31-26/h1-12H. The van der Waals surface area contributed by atoms with E-state index in [0.717, 1.165) is 0 Å². The molecule has 0 spiro atoms. The van der Waals surface area contributed by atoms with E-state index >= 15 is 0 Å². The fraction of sp³-hybridized carbons (Fsp3) is 0. The zero-order valence-electron chi connectivity index (χ0n) is 15.9. The summed E-state index contributed by atoms with van der Waals surface area (Å²) in [5.41, 5.74) is 1.36. The van der Waals surface area contributed by atoms with Crippen LogP contribution in [0.15, 0.2) is 75.0 Å². The van der Waals surface area contributed by atoms with Crippen LogP contribution >= 0.6 is 38.5 Å². The first-order valence-corrected chi connectivity index (χ1v) is 17.1. The van der Waals surface area contributed by atoms with Crippen LogP contribution in [-0.2, 0) is 0 Å². The molecule has 0 amide bonds. The molecule has 4 aromatic carbocycles. The number of hydrogen-bond donors (Lipinski definition) is 0. The van der Waals surface area contributed by atoms with Crippen LogP contribution in [0.2, 0.25) is 0 Å². The third-order valence-electron chi connectivity index (χ3n) is 5.90. The SMILES string of the molecule is Brc1cc2cc3[se]ccc3cc2cc1-c1[se]c2cc3cc4[se]ccc4cc3cc2c1I. The summed E-state index contributed by atoms with van der Waals surface area (Å²) in [4.78, 5) is 4.66. The molecule has 0 saturated heterocycles. The van der Waals surface area contributed by atoms with Crippen LogP contribution < -0.4 is 0 Å². The van der Waals surface area contributed by atoms with Gasteiger partial charge in [0.15, 0.2) is 0 Å². The molecule has 0 N–H and O–H groups in total. The summed E-state index contributed by atoms with van der Waals surface area (Å²) in [5.74, 6) is 0. The van der Waals surface area contributed by atoms with Gasteiger partial charge in [-0.15, -0.1) is 0 Å². The Labute approximate surface area is 218 Å². The van der Waals surface area contributed by atoms with Gasteiger partial charge in [-0.3, -0.25) is 0 Å². The van der Waals surface area contributed by atoms with Gasteiger partial charge in [0.2, 0.25) is 0 Å². The first-order valence-electron chi connectivity index (χ1n) is 9.78. The van der Waals surface area contributed by atoms with Crippen LogP contribution in [0.5, 0.6) is 0 Å². The summed E-state index contributed by atoms with van der Waals surface area (Å²) in [7, 11) is 0. The predicted octanol–water partition coefficient (Wildman–Crippen LogP) is 7.66. The second-order valence-corrected chi connectivity index (χ2v) is 15.9. The predicted molar refractivity (Wildman–Crippen MR) is 151 cm³/mol. The summed E-state index contributed by atoms with van der Waals surface area (Å²) in [6, 6.07) is 23.8. The zero-order valence-corrected chi connectivity index (χ0v) is 24.8. The molecule has 0 nitrogen and oxygen atoms in total. The van der Waals surface area contributed by atoms with Crippen LogP contribution in [0, 0.1) is 3.57 Å². The average molecular weight is 768 g/mol. The summed E-state index contributed by atoms with van der Waals surface area (Å²) in [6.07, 6.45) is 0. The first-order chi connectivity index (χ1) is 15.1. The van der Waals surface area contributed by atoms with E-state index in [1.54, 1.807) is 0 Å². The van der Waals surface area contributed by atoms with Crippen molar-refractivity contribution in [3.05, 3.63) is 78.6 Å². The van der Waals surface area contributed by atoms with Gasteiger partial charge in [0.05, 0.1) is 0 Å². The number of halogens is 2. The fourth-order valence-corrected chi connectivity index (χ4v) is 12.8. The Morgan fingerprint density at radius 3 is 1.90 bits per heavy atom. The third-order valence-corrected chi connectivity index (χ3v) is 14.7. The molecule has 7 aromatic rings. The molecule has 0 bridgehead atoms. The van der Waals surface area contributed by atoms with Crippen LogP contribution in [0.1, 0.15) is 0 Å². The fourth-order valence-electron chi connectivity index (χ4n) is 4.35. The Kier molecular flexibility index (Phi) is 4.76. The van der Waals surface area contributed by atoms with Crippen LogP contribution in [0.4, 0.5) is 0 Å². The Balaban J connectivity index is 1.49. The van der Waals surface area contributed by atoms with Gasteiger partial charge in [-0.25, -0.2) is 0 Å². The van der Waals surface area contributed by atoms with E-state index in [9.17, 15) is 0 Å². The molecule has 5 heteroatoms. The second kappa shape index (κ2) is 7.45. The van der Waals surface area contributed by atoms with Crippen molar-refractivity contribution in [2.24, 2.45) is 0 Å². The number of benzene rings is 4. The molecule has 0 saturated carbocycles. The van der Waals surface area contributed by atoms with Gasteiger partial charge in [-0.1, -0.05) is 0 Å². The van der Waals surface area contributed by atoms with Gasteiger partial charge in [0.1, 0.15) is 0 Å². The zero-order chi connectivity index (χ0) is 20.7. The quantitative estimate of drug-likeness (QED) is 0.119. The summed E-state index contributed by atoms with van der Waals surface area (Å²) in [5, 5.41) is 9.70. The monoisotopic (exact) mass is 770 g/mol. The van der Waals surface area contributed by atoms with Crippen molar-refractivity contribution in [1.82, 2.24) is 0 Å². The maximum absolute atomic E-state index is 3.92. The average Bonchev–Trinajstić information content (AvgIpc) is 3.47. The Bertz CT molecular complexity index is 1820. The van der Waals surface area contributed by atoms with Gasteiger partial charge in [0.25, 0.3) is 0 Å². The van der Waals surface area contributed by atoms with E-state index in [-0.39, 0.29) is 0 Å². The Hall–Kier alpha value is -0.612. The molecule has 31 heavy (non-hydrogen) atoms. The molecule has 0 fully saturated rings. The van der Waals surface area contributed by atoms with Crippen molar-refractivity contribution < 1.29 is 0 Å². The topological polar surface area (TPSA) is 0 Å². The molecule has 0 aliphatic carbocycles. The molecule has 3 aromatic heterocycles. The maximum atomic E-state index is 3.92. The van der Waals surface area contributed by atoms with Gasteiger partial charge in [-0.2, -0.15) is 0 Å². The normalized spacial score (nSPS) is 12.2. The van der Waals surface area contributed by atoms with Crippen molar-refractivity contribution in [2.45, 2.75) is 0 Å². The molecule has 0 aliphatic rings. The minimum atomic E-state index is 0.318. The van der Waals surface area contributed by atoms with Crippen molar-refractivity contribution >= 4 is 133 Å². The molecule has 7 rings (SSSR count). The van der Waals surface area contributed by atoms with Crippen molar-refractivity contribution in [1.29, 1.82) is 0 Å². The van der Waals surface area contributed by atoms with E-state index in [4.69, 9.17) is 0 Å². The molecule has 0 unspecified atom stereocenters. The third kappa shape index (κ3) is 3.17. The summed E-state index contributed by atoms with van der Waals surface area (Å²) in [6.45, 7) is 0. The van der Waals surface area contributed by atoms with Crippen molar-refractivity contribution in [2.75, 3.05) is 0 Å².